The number of hydroxylamine groups is 1. The molecule has 68 valence electrons. The molecule has 3 N–H and O–H groups in total. The van der Waals surface area contributed by atoms with Crippen LogP contribution in [0.4, 0.5) is 0 Å². The largest absolute Gasteiger partial charge is 0.383 e. The van der Waals surface area contributed by atoms with Gasteiger partial charge in [-0.1, -0.05) is 0 Å². The Kier molecular flexibility index (Phi) is 7.83. The molecule has 0 bridgehead atoms. The highest BCUT2D eigenvalue weighted by Crippen LogP contribution is 1.95. The molecule has 0 amide bonds. The molecule has 0 saturated carbocycles. The number of nitrogens with one attached hydrogen (secondary N) is 1. The van der Waals surface area contributed by atoms with Gasteiger partial charge in [-0.05, 0) is 19.4 Å². The average Bonchev–Trinajstić information content (AvgIpc) is 2.01. The molecule has 0 radical (unpaired) electrons. The molecule has 11 heavy (non-hydrogen) atoms. The Morgan fingerprint density at radius 2 is 2.18 bits per heavy atom. The zero-order valence-electron chi connectivity index (χ0n) is 7.30. The molecule has 0 aromatic carbocycles. The second kappa shape index (κ2) is 7.94. The van der Waals surface area contributed by atoms with Gasteiger partial charge in [0, 0.05) is 7.11 Å². The standard InChI is InChI=1S/C7H18N2O2/c1-10-6-7(9-11-2)4-3-5-8/h7,9H,3-6,8H2,1-2H3. The van der Waals surface area contributed by atoms with Crippen molar-refractivity contribution in [2.75, 3.05) is 27.4 Å². The molecule has 0 spiro atoms. The van der Waals surface area contributed by atoms with Gasteiger partial charge in [0.1, 0.15) is 0 Å². The van der Waals surface area contributed by atoms with Crippen LogP contribution >= 0.6 is 0 Å². The molecule has 0 aromatic rings. The number of hydrogen-bond donors (Lipinski definition) is 2. The first-order valence-electron chi connectivity index (χ1n) is 3.82. The molecule has 0 fully saturated rings. The van der Waals surface area contributed by atoms with Crippen LogP contribution in [-0.4, -0.2) is 33.4 Å². The van der Waals surface area contributed by atoms with E-state index in [4.69, 9.17) is 15.3 Å². The van der Waals surface area contributed by atoms with Crippen LogP contribution in [0.3, 0.4) is 0 Å². The van der Waals surface area contributed by atoms with Gasteiger partial charge in [-0.3, -0.25) is 0 Å². The van der Waals surface area contributed by atoms with E-state index in [1.807, 2.05) is 0 Å². The van der Waals surface area contributed by atoms with Gasteiger partial charge >= 0.3 is 0 Å². The van der Waals surface area contributed by atoms with Crippen molar-refractivity contribution in [2.45, 2.75) is 18.9 Å². The predicted molar refractivity (Wildman–Crippen MR) is 44.1 cm³/mol. The minimum atomic E-state index is 0.258. The van der Waals surface area contributed by atoms with Crippen LogP contribution in [-0.2, 0) is 9.57 Å². The molecule has 4 nitrogen and oxygen atoms in total. The normalized spacial score (nSPS) is 13.4. The topological polar surface area (TPSA) is 56.5 Å². The van der Waals surface area contributed by atoms with Gasteiger partial charge < -0.3 is 15.3 Å². The lowest BCUT2D eigenvalue weighted by atomic mass is 10.2. The molecule has 0 aliphatic heterocycles. The Labute approximate surface area is 68.0 Å². The van der Waals surface area contributed by atoms with Crippen LogP contribution in [0.2, 0.25) is 0 Å². The highest BCUT2D eigenvalue weighted by molar-refractivity contribution is 4.60. The second-order valence-electron chi connectivity index (χ2n) is 2.41. The van der Waals surface area contributed by atoms with Crippen LogP contribution < -0.4 is 11.2 Å². The molecule has 0 heterocycles. The fourth-order valence-corrected chi connectivity index (χ4v) is 0.908. The lowest BCUT2D eigenvalue weighted by molar-refractivity contribution is 0.0266. The number of ether oxygens (including phenoxy) is 1. The van der Waals surface area contributed by atoms with E-state index in [1.165, 1.54) is 0 Å². The molecule has 0 rings (SSSR count). The van der Waals surface area contributed by atoms with Gasteiger partial charge in [-0.2, -0.15) is 5.48 Å². The zero-order chi connectivity index (χ0) is 8.53. The Morgan fingerprint density at radius 1 is 1.45 bits per heavy atom. The highest BCUT2D eigenvalue weighted by Gasteiger charge is 2.05. The summed E-state index contributed by atoms with van der Waals surface area (Å²) in [6, 6.07) is 0.258. The molecule has 4 heteroatoms. The van der Waals surface area contributed by atoms with E-state index in [-0.39, 0.29) is 6.04 Å². The van der Waals surface area contributed by atoms with Crippen LogP contribution in [0.1, 0.15) is 12.8 Å². The maximum absolute atomic E-state index is 5.36. The summed E-state index contributed by atoms with van der Waals surface area (Å²) >= 11 is 0. The third-order valence-electron chi connectivity index (χ3n) is 1.41. The minimum absolute atomic E-state index is 0.258. The van der Waals surface area contributed by atoms with Crippen LogP contribution in [0.15, 0.2) is 0 Å². The van der Waals surface area contributed by atoms with Crippen LogP contribution in [0.5, 0.6) is 0 Å². The monoisotopic (exact) mass is 162 g/mol. The third kappa shape index (κ3) is 6.25. The van der Waals surface area contributed by atoms with Crippen LogP contribution in [0, 0.1) is 0 Å². The van der Waals surface area contributed by atoms with E-state index in [0.717, 1.165) is 12.8 Å². The number of hydrogen-bond acceptors (Lipinski definition) is 4. The molecule has 0 aliphatic carbocycles. The molecule has 1 unspecified atom stereocenters. The van der Waals surface area contributed by atoms with Crippen molar-refractivity contribution >= 4 is 0 Å². The van der Waals surface area contributed by atoms with E-state index < -0.39 is 0 Å². The van der Waals surface area contributed by atoms with Gasteiger partial charge in [-0.25, -0.2) is 0 Å². The van der Waals surface area contributed by atoms with Crippen LogP contribution in [0.25, 0.3) is 0 Å². The summed E-state index contributed by atoms with van der Waals surface area (Å²) in [6.45, 7) is 1.37. The zero-order valence-corrected chi connectivity index (χ0v) is 7.30. The second-order valence-corrected chi connectivity index (χ2v) is 2.41. The van der Waals surface area contributed by atoms with E-state index in [2.05, 4.69) is 5.48 Å². The molecule has 0 aliphatic rings. The predicted octanol–water partition coefficient (Wildman–Crippen LogP) is -0.109. The summed E-state index contributed by atoms with van der Waals surface area (Å²) < 4.78 is 4.97. The summed E-state index contributed by atoms with van der Waals surface area (Å²) in [7, 11) is 3.28. The van der Waals surface area contributed by atoms with Gasteiger partial charge in [0.2, 0.25) is 0 Å². The summed E-state index contributed by atoms with van der Waals surface area (Å²) in [4.78, 5) is 4.78. The molecular formula is C7H18N2O2. The van der Waals surface area contributed by atoms with Gasteiger partial charge in [0.15, 0.2) is 0 Å². The summed E-state index contributed by atoms with van der Waals surface area (Å²) in [5.41, 5.74) is 8.20. The van der Waals surface area contributed by atoms with E-state index in [0.29, 0.717) is 13.2 Å². The van der Waals surface area contributed by atoms with Crippen molar-refractivity contribution in [3.8, 4) is 0 Å². The number of methoxy groups -OCH3 is 1. The van der Waals surface area contributed by atoms with Crippen molar-refractivity contribution in [2.24, 2.45) is 5.73 Å². The fourth-order valence-electron chi connectivity index (χ4n) is 0.908. The molecular weight excluding hydrogens is 144 g/mol. The highest BCUT2D eigenvalue weighted by atomic mass is 16.6. The van der Waals surface area contributed by atoms with E-state index in [9.17, 15) is 0 Å². The van der Waals surface area contributed by atoms with Crippen molar-refractivity contribution in [1.29, 1.82) is 0 Å². The number of nitrogens with two attached hydrogens (primary N) is 1. The van der Waals surface area contributed by atoms with E-state index in [1.54, 1.807) is 14.2 Å². The first-order chi connectivity index (χ1) is 5.35. The first-order valence-corrected chi connectivity index (χ1v) is 3.82. The summed E-state index contributed by atoms with van der Waals surface area (Å²) in [5, 5.41) is 0. The summed E-state index contributed by atoms with van der Waals surface area (Å²) in [6.07, 6.45) is 1.97. The van der Waals surface area contributed by atoms with E-state index >= 15 is 0 Å². The fraction of sp³-hybridized carbons (Fsp3) is 1.00. The Hall–Kier alpha value is -0.160. The lowest BCUT2D eigenvalue weighted by Gasteiger charge is -2.15. The summed E-state index contributed by atoms with van der Waals surface area (Å²) in [5.74, 6) is 0. The molecule has 0 aromatic heterocycles. The quantitative estimate of drug-likeness (QED) is 0.513. The number of rotatable bonds is 7. The first kappa shape index (κ1) is 10.8. The average molecular weight is 162 g/mol. The SMILES string of the molecule is COCC(CCCN)NOC. The molecule has 0 saturated heterocycles. The Balaban J connectivity index is 3.34. The van der Waals surface area contributed by atoms with Gasteiger partial charge in [0.25, 0.3) is 0 Å². The Morgan fingerprint density at radius 3 is 2.64 bits per heavy atom. The minimum Gasteiger partial charge on any atom is -0.383 e. The van der Waals surface area contributed by atoms with Crippen molar-refractivity contribution in [3.05, 3.63) is 0 Å². The Bertz CT molecular complexity index is 74.8. The van der Waals surface area contributed by atoms with Gasteiger partial charge in [0.05, 0.1) is 19.8 Å². The molecule has 1 atom stereocenters. The smallest absolute Gasteiger partial charge is 0.0638 e. The maximum atomic E-state index is 5.36. The van der Waals surface area contributed by atoms with Crippen molar-refractivity contribution in [3.63, 3.8) is 0 Å². The maximum Gasteiger partial charge on any atom is 0.0638 e. The van der Waals surface area contributed by atoms with Gasteiger partial charge in [-0.15, -0.1) is 0 Å². The van der Waals surface area contributed by atoms with Crippen molar-refractivity contribution in [1.82, 2.24) is 5.48 Å². The lowest BCUT2D eigenvalue weighted by Crippen LogP contribution is -2.32. The van der Waals surface area contributed by atoms with Crippen molar-refractivity contribution < 1.29 is 9.57 Å². The third-order valence-corrected chi connectivity index (χ3v) is 1.41.